The van der Waals surface area contributed by atoms with Gasteiger partial charge in [-0.2, -0.15) is 0 Å². The highest BCUT2D eigenvalue weighted by Crippen LogP contribution is 2.41. The van der Waals surface area contributed by atoms with Crippen LogP contribution in [0.15, 0.2) is 42.6 Å². The van der Waals surface area contributed by atoms with Crippen molar-refractivity contribution in [2.24, 2.45) is 0 Å². The van der Waals surface area contributed by atoms with Gasteiger partial charge in [0.25, 0.3) is 0 Å². The number of methoxy groups -OCH3 is 1. The molecule has 0 atom stereocenters. The van der Waals surface area contributed by atoms with Crippen LogP contribution in [-0.4, -0.2) is 28.0 Å². The Morgan fingerprint density at radius 1 is 1.29 bits per heavy atom. The highest BCUT2D eigenvalue weighted by molar-refractivity contribution is 5.94. The summed E-state index contributed by atoms with van der Waals surface area (Å²) in [6.45, 7) is 0.299. The summed E-state index contributed by atoms with van der Waals surface area (Å²) in [7, 11) is 1.35. The average molecular weight is 378 g/mol. The molecule has 1 N–H and O–H groups in total. The Morgan fingerprint density at radius 2 is 2.11 bits per heavy atom. The molecule has 142 valence electrons. The summed E-state index contributed by atoms with van der Waals surface area (Å²) in [5.74, 6) is -0.123. The van der Waals surface area contributed by atoms with Crippen molar-refractivity contribution in [1.82, 2.24) is 9.97 Å². The third-order valence-corrected chi connectivity index (χ3v) is 4.75. The zero-order chi connectivity index (χ0) is 19.7. The van der Waals surface area contributed by atoms with E-state index in [1.807, 2.05) is 0 Å². The number of nitrogens with zero attached hydrogens (tertiary/aromatic N) is 3. The molecule has 8 nitrogen and oxygen atoms in total. The van der Waals surface area contributed by atoms with Crippen LogP contribution >= 0.6 is 0 Å². The molecule has 1 saturated carbocycles. The minimum absolute atomic E-state index is 0.0146. The molecule has 0 bridgehead atoms. The number of anilines is 1. The summed E-state index contributed by atoms with van der Waals surface area (Å²) in [4.78, 5) is 31.9. The maximum Gasteiger partial charge on any atom is 0.339 e. The van der Waals surface area contributed by atoms with Crippen LogP contribution in [0.4, 0.5) is 11.4 Å². The Balaban J connectivity index is 1.63. The van der Waals surface area contributed by atoms with Gasteiger partial charge in [0, 0.05) is 12.1 Å². The summed E-state index contributed by atoms with van der Waals surface area (Å²) in [5.41, 5.74) is 2.88. The van der Waals surface area contributed by atoms with Crippen molar-refractivity contribution < 1.29 is 14.5 Å². The molecule has 1 aromatic carbocycles. The third-order valence-electron chi connectivity index (χ3n) is 4.75. The van der Waals surface area contributed by atoms with Crippen molar-refractivity contribution in [2.45, 2.75) is 25.3 Å². The van der Waals surface area contributed by atoms with Crippen molar-refractivity contribution in [3.63, 3.8) is 0 Å². The van der Waals surface area contributed by atoms with Crippen molar-refractivity contribution in [3.05, 3.63) is 69.7 Å². The molecular weight excluding hydrogens is 360 g/mol. The number of carbonyl (C=O) groups is 1. The number of aromatic nitrogens is 2. The number of ether oxygens (including phenoxy) is 1. The fourth-order valence-electron chi connectivity index (χ4n) is 3.23. The molecule has 0 saturated heterocycles. The van der Waals surface area contributed by atoms with Crippen molar-refractivity contribution in [2.75, 3.05) is 12.4 Å². The zero-order valence-corrected chi connectivity index (χ0v) is 15.2. The summed E-state index contributed by atoms with van der Waals surface area (Å²) < 4.78 is 4.83. The normalized spacial score (nSPS) is 13.3. The monoisotopic (exact) mass is 378 g/mol. The van der Waals surface area contributed by atoms with Crippen LogP contribution in [0, 0.1) is 10.1 Å². The van der Waals surface area contributed by atoms with E-state index in [9.17, 15) is 14.9 Å². The van der Waals surface area contributed by atoms with E-state index >= 15 is 0 Å². The van der Waals surface area contributed by atoms with Gasteiger partial charge in [-0.1, -0.05) is 0 Å². The number of benzene rings is 1. The van der Waals surface area contributed by atoms with Gasteiger partial charge < -0.3 is 10.1 Å². The van der Waals surface area contributed by atoms with Gasteiger partial charge >= 0.3 is 11.7 Å². The maximum absolute atomic E-state index is 11.9. The number of rotatable bonds is 6. The number of pyridine rings is 2. The standard InChI is InChI=1S/C20H18N4O4/c1-28-20(25)15-7-6-13(23-18(15)12-4-5-12)11-22-17-9-8-16-14(3-2-10-21-16)19(17)24(26)27/h2-3,6-10,12,22H,4-5,11H2,1H3. The molecule has 8 heteroatoms. The second-order valence-corrected chi connectivity index (χ2v) is 6.64. The molecule has 28 heavy (non-hydrogen) atoms. The largest absolute Gasteiger partial charge is 0.465 e. The number of esters is 1. The lowest BCUT2D eigenvalue weighted by Crippen LogP contribution is -2.10. The minimum Gasteiger partial charge on any atom is -0.465 e. The Hall–Kier alpha value is -3.55. The van der Waals surface area contributed by atoms with Crippen LogP contribution in [0.2, 0.25) is 0 Å². The lowest BCUT2D eigenvalue weighted by Gasteiger charge is -2.11. The maximum atomic E-state index is 11.9. The highest BCUT2D eigenvalue weighted by atomic mass is 16.6. The highest BCUT2D eigenvalue weighted by Gasteiger charge is 2.30. The van der Waals surface area contributed by atoms with Gasteiger partial charge in [-0.05, 0) is 49.2 Å². The number of nitro groups is 1. The number of nitrogens with one attached hydrogen (secondary N) is 1. The van der Waals surface area contributed by atoms with Crippen LogP contribution in [0.5, 0.6) is 0 Å². The number of fused-ring (bicyclic) bond motifs is 1. The molecule has 0 radical (unpaired) electrons. The van der Waals surface area contributed by atoms with Gasteiger partial charge in [0.15, 0.2) is 0 Å². The van der Waals surface area contributed by atoms with E-state index in [1.54, 1.807) is 42.6 Å². The van der Waals surface area contributed by atoms with Gasteiger partial charge in [-0.15, -0.1) is 0 Å². The first kappa shape index (κ1) is 17.8. The lowest BCUT2D eigenvalue weighted by molar-refractivity contribution is -0.382. The summed E-state index contributed by atoms with van der Waals surface area (Å²) >= 11 is 0. The third kappa shape index (κ3) is 3.36. The van der Waals surface area contributed by atoms with Crippen LogP contribution in [0.25, 0.3) is 10.9 Å². The van der Waals surface area contributed by atoms with Gasteiger partial charge in [0.2, 0.25) is 0 Å². The van der Waals surface area contributed by atoms with E-state index in [2.05, 4.69) is 15.3 Å². The minimum atomic E-state index is -0.407. The smallest absolute Gasteiger partial charge is 0.339 e. The summed E-state index contributed by atoms with van der Waals surface area (Å²) in [5, 5.41) is 15.2. The summed E-state index contributed by atoms with van der Waals surface area (Å²) in [6, 6.07) is 10.2. The summed E-state index contributed by atoms with van der Waals surface area (Å²) in [6.07, 6.45) is 3.60. The molecule has 4 rings (SSSR count). The van der Waals surface area contributed by atoms with Gasteiger partial charge in [0.05, 0.1) is 46.4 Å². The molecule has 1 fully saturated rings. The van der Waals surface area contributed by atoms with E-state index < -0.39 is 10.9 Å². The van der Waals surface area contributed by atoms with Crippen LogP contribution in [0.1, 0.15) is 40.5 Å². The predicted molar refractivity (Wildman–Crippen MR) is 103 cm³/mol. The molecule has 0 aliphatic heterocycles. The SMILES string of the molecule is COC(=O)c1ccc(CNc2ccc3ncccc3c2[N+](=O)[O-])nc1C1CC1. The second-order valence-electron chi connectivity index (χ2n) is 6.64. The molecular formula is C20H18N4O4. The van der Waals surface area contributed by atoms with E-state index in [4.69, 9.17) is 4.74 Å². The molecule has 2 aromatic heterocycles. The van der Waals surface area contributed by atoms with Crippen molar-refractivity contribution >= 4 is 28.2 Å². The van der Waals surface area contributed by atoms with Crippen molar-refractivity contribution in [3.8, 4) is 0 Å². The molecule has 3 aromatic rings. The Kier molecular flexibility index (Phi) is 4.60. The fraction of sp³-hybridized carbons (Fsp3) is 0.250. The van der Waals surface area contributed by atoms with Gasteiger partial charge in [-0.3, -0.25) is 20.1 Å². The topological polar surface area (TPSA) is 107 Å². The first-order valence-electron chi connectivity index (χ1n) is 8.92. The Labute approximate surface area is 160 Å². The van der Waals surface area contributed by atoms with Crippen LogP contribution in [-0.2, 0) is 11.3 Å². The van der Waals surface area contributed by atoms with E-state index in [0.29, 0.717) is 34.4 Å². The molecule has 1 aliphatic rings. The molecule has 0 spiro atoms. The number of nitro benzene ring substituents is 1. The van der Waals surface area contributed by atoms with Gasteiger partial charge in [-0.25, -0.2) is 4.79 Å². The first-order valence-corrected chi connectivity index (χ1v) is 8.92. The molecule has 0 amide bonds. The second kappa shape index (κ2) is 7.22. The molecule has 0 unspecified atom stereocenters. The van der Waals surface area contributed by atoms with E-state index in [1.165, 1.54) is 7.11 Å². The van der Waals surface area contributed by atoms with Crippen LogP contribution in [0.3, 0.4) is 0 Å². The predicted octanol–water partition coefficient (Wildman–Crippen LogP) is 3.81. The Bertz CT molecular complexity index is 1080. The molecule has 1 aliphatic carbocycles. The number of hydrogen-bond donors (Lipinski definition) is 1. The Morgan fingerprint density at radius 3 is 2.82 bits per heavy atom. The van der Waals surface area contributed by atoms with Crippen LogP contribution < -0.4 is 5.32 Å². The number of carbonyl (C=O) groups excluding carboxylic acids is 1. The van der Waals surface area contributed by atoms with E-state index in [0.717, 1.165) is 18.5 Å². The quantitative estimate of drug-likeness (QED) is 0.395. The van der Waals surface area contributed by atoms with Gasteiger partial charge in [0.1, 0.15) is 5.69 Å². The first-order chi connectivity index (χ1) is 13.6. The van der Waals surface area contributed by atoms with Crippen molar-refractivity contribution in [1.29, 1.82) is 0 Å². The number of hydrogen-bond acceptors (Lipinski definition) is 7. The average Bonchev–Trinajstić information content (AvgIpc) is 3.56. The lowest BCUT2D eigenvalue weighted by atomic mass is 10.1. The zero-order valence-electron chi connectivity index (χ0n) is 15.2. The van der Waals surface area contributed by atoms with E-state index in [-0.39, 0.29) is 11.6 Å². The molecule has 2 heterocycles. The fourth-order valence-corrected chi connectivity index (χ4v) is 3.23.